The Morgan fingerprint density at radius 1 is 0.953 bits per heavy atom. The average Bonchev–Trinajstić information content (AvgIpc) is 3.54. The standard InChI is InChI=1S/C32H34N6O5/c1-31-14-8-16-35(2)28(40)25(31)26-29(41)38(22(19-39)18-21-10-4-3-5-11-21)27-30(42)36(17-9-15-32(26,27)43-31)20-37-24-13-7-6-12-23(24)33-34-37/h3-15,22,25-27,39H,16-20H2,1-2H3/t22-,25-,26+,27?,31+,32+/m1/s1. The minimum absolute atomic E-state index is 0.105. The number of carbonyl (C=O) groups excluding carboxylic acids is 3. The van der Waals surface area contributed by atoms with Crippen LogP contribution in [0.25, 0.3) is 11.0 Å². The Labute approximate surface area is 249 Å². The maximum atomic E-state index is 14.7. The zero-order chi connectivity index (χ0) is 29.9. The van der Waals surface area contributed by atoms with Crippen LogP contribution in [0, 0.1) is 11.8 Å². The van der Waals surface area contributed by atoms with Gasteiger partial charge in [0, 0.05) is 20.1 Å². The fraction of sp³-hybridized carbons (Fsp3) is 0.406. The monoisotopic (exact) mass is 582 g/mol. The molecule has 0 radical (unpaired) electrons. The van der Waals surface area contributed by atoms with Crippen molar-refractivity contribution in [2.45, 2.75) is 43.3 Å². The number of hydrogen-bond acceptors (Lipinski definition) is 7. The van der Waals surface area contributed by atoms with Crippen LogP contribution in [0.3, 0.4) is 0 Å². The summed E-state index contributed by atoms with van der Waals surface area (Å²) in [4.78, 5) is 48.0. The first kappa shape index (κ1) is 27.5. The molecule has 0 aliphatic carbocycles. The lowest BCUT2D eigenvalue weighted by Crippen LogP contribution is -2.59. The van der Waals surface area contributed by atoms with Gasteiger partial charge in [-0.2, -0.15) is 0 Å². The van der Waals surface area contributed by atoms with Crippen molar-refractivity contribution in [1.82, 2.24) is 29.7 Å². The third-order valence-electron chi connectivity index (χ3n) is 9.42. The molecule has 0 saturated carbocycles. The van der Waals surface area contributed by atoms with E-state index in [9.17, 15) is 19.5 Å². The summed E-state index contributed by atoms with van der Waals surface area (Å²) in [5, 5.41) is 19.2. The number of rotatable bonds is 6. The molecule has 3 amide bonds. The molecule has 5 heterocycles. The van der Waals surface area contributed by atoms with E-state index in [1.807, 2.05) is 85.8 Å². The molecule has 4 aliphatic heterocycles. The molecule has 43 heavy (non-hydrogen) atoms. The number of carbonyl (C=O) groups is 3. The summed E-state index contributed by atoms with van der Waals surface area (Å²) in [5.74, 6) is -2.69. The third kappa shape index (κ3) is 4.13. The maximum absolute atomic E-state index is 14.7. The van der Waals surface area contributed by atoms with E-state index < -0.39 is 35.1 Å². The summed E-state index contributed by atoms with van der Waals surface area (Å²) in [6.45, 7) is 2.21. The Morgan fingerprint density at radius 3 is 2.49 bits per heavy atom. The maximum Gasteiger partial charge on any atom is 0.250 e. The van der Waals surface area contributed by atoms with Crippen LogP contribution in [-0.4, -0.2) is 103 Å². The summed E-state index contributed by atoms with van der Waals surface area (Å²) in [6, 6.07) is 15.3. The molecule has 11 nitrogen and oxygen atoms in total. The fourth-order valence-corrected chi connectivity index (χ4v) is 7.47. The minimum atomic E-state index is -1.41. The summed E-state index contributed by atoms with van der Waals surface area (Å²) in [6.07, 6.45) is 7.73. The van der Waals surface area contributed by atoms with Gasteiger partial charge in [0.15, 0.2) is 0 Å². The zero-order valence-electron chi connectivity index (χ0n) is 24.1. The van der Waals surface area contributed by atoms with Gasteiger partial charge in [-0.1, -0.05) is 72.0 Å². The van der Waals surface area contributed by atoms with Crippen molar-refractivity contribution in [3.8, 4) is 0 Å². The first-order chi connectivity index (χ1) is 20.8. The van der Waals surface area contributed by atoms with Crippen molar-refractivity contribution in [3.63, 3.8) is 0 Å². The number of likely N-dealkylation sites (tertiary alicyclic amines) is 1. The van der Waals surface area contributed by atoms with E-state index in [2.05, 4.69) is 10.3 Å². The predicted molar refractivity (Wildman–Crippen MR) is 156 cm³/mol. The summed E-state index contributed by atoms with van der Waals surface area (Å²) in [7, 11) is 1.71. The number of benzene rings is 2. The normalized spacial score (nSPS) is 30.8. The number of aliphatic hydroxyl groups excluding tert-OH is 1. The summed E-state index contributed by atoms with van der Waals surface area (Å²) >= 11 is 0. The van der Waals surface area contributed by atoms with Crippen LogP contribution in [-0.2, 0) is 32.2 Å². The number of aliphatic hydroxyl groups is 1. The van der Waals surface area contributed by atoms with E-state index in [-0.39, 0.29) is 37.5 Å². The van der Waals surface area contributed by atoms with Crippen LogP contribution >= 0.6 is 0 Å². The molecule has 0 bridgehead atoms. The quantitative estimate of drug-likeness (QED) is 0.436. The van der Waals surface area contributed by atoms with Gasteiger partial charge in [-0.05, 0) is 31.0 Å². The SMILES string of the molecule is CN1CC=C[C@]2(C)O[C@]34C=CCN(Cn5nnc6ccccc65)C(=O)C3N([C@@H](CO)Cc3ccccc3)C(=O)[C@@H]4[C@@H]2C1=O. The lowest BCUT2D eigenvalue weighted by Gasteiger charge is -2.40. The molecule has 1 N–H and O–H groups in total. The topological polar surface area (TPSA) is 121 Å². The first-order valence-corrected chi connectivity index (χ1v) is 14.6. The molecule has 11 heteroatoms. The molecular weight excluding hydrogens is 548 g/mol. The minimum Gasteiger partial charge on any atom is -0.394 e. The van der Waals surface area contributed by atoms with Gasteiger partial charge in [-0.3, -0.25) is 14.4 Å². The Kier molecular flexibility index (Phi) is 6.48. The van der Waals surface area contributed by atoms with Gasteiger partial charge in [-0.25, -0.2) is 4.68 Å². The second-order valence-corrected chi connectivity index (χ2v) is 12.1. The molecule has 1 aromatic heterocycles. The highest BCUT2D eigenvalue weighted by molar-refractivity contribution is 6.00. The zero-order valence-corrected chi connectivity index (χ0v) is 24.1. The number of hydrogen-bond donors (Lipinski definition) is 1. The predicted octanol–water partition coefficient (Wildman–Crippen LogP) is 1.39. The molecule has 1 unspecified atom stereocenters. The third-order valence-corrected chi connectivity index (χ3v) is 9.42. The number of likely N-dealkylation sites (N-methyl/N-ethyl adjacent to an activating group) is 1. The van der Waals surface area contributed by atoms with E-state index in [1.165, 1.54) is 4.90 Å². The van der Waals surface area contributed by atoms with Crippen molar-refractivity contribution in [1.29, 1.82) is 0 Å². The highest BCUT2D eigenvalue weighted by Crippen LogP contribution is 2.57. The van der Waals surface area contributed by atoms with Gasteiger partial charge < -0.3 is 24.5 Å². The van der Waals surface area contributed by atoms with Gasteiger partial charge in [0.25, 0.3) is 5.91 Å². The van der Waals surface area contributed by atoms with Crippen LogP contribution in [0.5, 0.6) is 0 Å². The average molecular weight is 583 g/mol. The number of aromatic nitrogens is 3. The number of ether oxygens (including phenoxy) is 1. The van der Waals surface area contributed by atoms with Crippen molar-refractivity contribution in [2.75, 3.05) is 26.7 Å². The van der Waals surface area contributed by atoms with E-state index >= 15 is 0 Å². The number of fused-ring (bicyclic) bond motifs is 3. The van der Waals surface area contributed by atoms with Gasteiger partial charge in [0.1, 0.15) is 23.8 Å². The lowest BCUT2D eigenvalue weighted by molar-refractivity contribution is -0.156. The largest absolute Gasteiger partial charge is 0.394 e. The van der Waals surface area contributed by atoms with Crippen LogP contribution in [0.4, 0.5) is 0 Å². The lowest BCUT2D eigenvalue weighted by atomic mass is 9.74. The van der Waals surface area contributed by atoms with Crippen molar-refractivity contribution >= 4 is 28.8 Å². The Morgan fingerprint density at radius 2 is 1.70 bits per heavy atom. The molecule has 2 fully saturated rings. The smallest absolute Gasteiger partial charge is 0.250 e. The van der Waals surface area contributed by atoms with E-state index in [1.54, 1.807) is 21.5 Å². The van der Waals surface area contributed by atoms with Crippen molar-refractivity contribution < 1.29 is 24.2 Å². The molecule has 3 aromatic rings. The highest BCUT2D eigenvalue weighted by Gasteiger charge is 2.75. The molecule has 6 atom stereocenters. The van der Waals surface area contributed by atoms with E-state index in [0.29, 0.717) is 18.5 Å². The van der Waals surface area contributed by atoms with Gasteiger partial charge in [0.2, 0.25) is 11.8 Å². The van der Waals surface area contributed by atoms with Gasteiger partial charge in [-0.15, -0.1) is 5.10 Å². The molecule has 2 aromatic carbocycles. The van der Waals surface area contributed by atoms with Crippen molar-refractivity contribution in [3.05, 3.63) is 84.5 Å². The number of amides is 3. The Balaban J connectivity index is 1.34. The number of para-hydroxylation sites is 1. The molecule has 222 valence electrons. The van der Waals surface area contributed by atoms with Crippen LogP contribution in [0.2, 0.25) is 0 Å². The summed E-state index contributed by atoms with van der Waals surface area (Å²) < 4.78 is 8.53. The molecular formula is C32H34N6O5. The van der Waals surface area contributed by atoms with Gasteiger partial charge in [0.05, 0.1) is 35.6 Å². The second-order valence-electron chi connectivity index (χ2n) is 12.1. The van der Waals surface area contributed by atoms with E-state index in [4.69, 9.17) is 4.74 Å². The summed E-state index contributed by atoms with van der Waals surface area (Å²) in [5.41, 5.74) is -0.0998. The van der Waals surface area contributed by atoms with Gasteiger partial charge >= 0.3 is 0 Å². The van der Waals surface area contributed by atoms with E-state index in [0.717, 1.165) is 11.1 Å². The molecule has 4 aliphatic rings. The Bertz CT molecular complexity index is 1650. The van der Waals surface area contributed by atoms with Crippen LogP contribution in [0.1, 0.15) is 12.5 Å². The Hall–Kier alpha value is -4.35. The fourth-order valence-electron chi connectivity index (χ4n) is 7.47. The first-order valence-electron chi connectivity index (χ1n) is 14.6. The van der Waals surface area contributed by atoms with Crippen LogP contribution < -0.4 is 0 Å². The molecule has 2 saturated heterocycles. The van der Waals surface area contributed by atoms with Crippen LogP contribution in [0.15, 0.2) is 78.9 Å². The molecule has 7 rings (SSSR count). The highest BCUT2D eigenvalue weighted by atomic mass is 16.5. The molecule has 1 spiro atoms. The number of nitrogens with zero attached hydrogens (tertiary/aromatic N) is 6. The van der Waals surface area contributed by atoms with Crippen molar-refractivity contribution in [2.24, 2.45) is 11.8 Å². The second kappa shape index (κ2) is 10.1.